The Bertz CT molecular complexity index is 1900. The molecule has 1 aliphatic rings. The van der Waals surface area contributed by atoms with Gasteiger partial charge in [0.15, 0.2) is 22.8 Å². The smallest absolute Gasteiger partial charge is 0.481 e. The van der Waals surface area contributed by atoms with E-state index in [-0.39, 0.29) is 66.1 Å². The molecule has 0 bridgehead atoms. The minimum Gasteiger partial charge on any atom is -0.481 e. The molecule has 1 saturated heterocycles. The SMILES string of the molecule is CC(CC(=O)O)CC(=O)SCCNC(=O)CCNC(=O)[C@H](O)C(C)(C)COP(=O)(O)OP(=O)(O)OC[C@H]1O[C@@H](n2cnc3c(N)ncnc32)[C@H](O)[C@@H]1OP(=O)(O)O. The number of thioether (sulfide) groups is 1. The molecule has 2 aromatic heterocycles. The number of nitrogens with zero attached hydrogens (tertiary/aromatic N) is 4. The van der Waals surface area contributed by atoms with Crippen LogP contribution in [0.1, 0.15) is 46.3 Å². The van der Waals surface area contributed by atoms with E-state index in [0.717, 1.165) is 29.0 Å². The van der Waals surface area contributed by atoms with Gasteiger partial charge in [0.1, 0.15) is 36.3 Å². The number of aliphatic hydroxyl groups excluding tert-OH is 2. The maximum atomic E-state index is 12.7. The molecule has 0 saturated carbocycles. The van der Waals surface area contributed by atoms with Crippen molar-refractivity contribution in [2.75, 3.05) is 37.8 Å². The van der Waals surface area contributed by atoms with Crippen LogP contribution in [-0.4, -0.2) is 134 Å². The number of hydrogen-bond donors (Lipinski definition) is 10. The zero-order chi connectivity index (χ0) is 42.9. The monoisotopic (exact) mass is 895 g/mol. The van der Waals surface area contributed by atoms with Gasteiger partial charge in [-0.1, -0.05) is 32.5 Å². The number of nitrogens with two attached hydrogens (primary N) is 1. The number of fused-ring (bicyclic) bond motifs is 1. The van der Waals surface area contributed by atoms with E-state index >= 15 is 0 Å². The van der Waals surface area contributed by atoms with Gasteiger partial charge in [-0.15, -0.1) is 0 Å². The second-order valence-electron chi connectivity index (χ2n) is 13.2. The number of imidazole rings is 1. The quantitative estimate of drug-likeness (QED) is 0.0480. The number of aliphatic carboxylic acids is 1. The molecule has 0 aromatic carbocycles. The molecule has 0 radical (unpaired) electrons. The van der Waals surface area contributed by atoms with E-state index in [0.29, 0.717) is 0 Å². The lowest BCUT2D eigenvalue weighted by molar-refractivity contribution is -0.138. The Morgan fingerprint density at radius 2 is 1.70 bits per heavy atom. The molecule has 57 heavy (non-hydrogen) atoms. The number of aliphatic hydroxyl groups is 2. The van der Waals surface area contributed by atoms with Gasteiger partial charge < -0.3 is 56.0 Å². The number of nitrogens with one attached hydrogen (secondary N) is 2. The molecule has 30 heteroatoms. The highest BCUT2D eigenvalue weighted by atomic mass is 32.2. The van der Waals surface area contributed by atoms with Crippen molar-refractivity contribution >= 4 is 75.1 Å². The van der Waals surface area contributed by atoms with Crippen LogP contribution >= 0.6 is 35.2 Å². The number of ether oxygens (including phenoxy) is 1. The summed E-state index contributed by atoms with van der Waals surface area (Å²) in [6.07, 6.45) is -7.15. The van der Waals surface area contributed by atoms with Gasteiger partial charge in [0.05, 0.1) is 19.5 Å². The summed E-state index contributed by atoms with van der Waals surface area (Å²) in [5.41, 5.74) is 4.21. The lowest BCUT2D eigenvalue weighted by Crippen LogP contribution is -2.46. The van der Waals surface area contributed by atoms with Gasteiger partial charge in [0, 0.05) is 43.5 Å². The Hall–Kier alpha value is -2.97. The van der Waals surface area contributed by atoms with E-state index in [9.17, 15) is 62.7 Å². The Morgan fingerprint density at radius 3 is 2.35 bits per heavy atom. The Kier molecular flexibility index (Phi) is 17.3. The highest BCUT2D eigenvalue weighted by Crippen LogP contribution is 2.61. The lowest BCUT2D eigenvalue weighted by Gasteiger charge is -2.30. The minimum absolute atomic E-state index is 0.0206. The molecule has 322 valence electrons. The molecular formula is C27H44N7O19P3S. The van der Waals surface area contributed by atoms with Gasteiger partial charge >= 0.3 is 29.4 Å². The summed E-state index contributed by atoms with van der Waals surface area (Å²) in [7, 11) is -16.4. The lowest BCUT2D eigenvalue weighted by atomic mass is 9.87. The average molecular weight is 896 g/mol. The normalized spacial score (nSPS) is 22.0. The first-order valence-electron chi connectivity index (χ1n) is 16.6. The third kappa shape index (κ3) is 15.3. The molecule has 3 rings (SSSR count). The third-order valence-electron chi connectivity index (χ3n) is 7.80. The van der Waals surface area contributed by atoms with E-state index in [4.69, 9.17) is 24.6 Å². The summed E-state index contributed by atoms with van der Waals surface area (Å²) in [5.74, 6) is -2.68. The summed E-state index contributed by atoms with van der Waals surface area (Å²) in [6.45, 7) is 1.90. The number of carboxylic acids is 1. The van der Waals surface area contributed by atoms with Crippen LogP contribution in [0.3, 0.4) is 0 Å². The van der Waals surface area contributed by atoms with Crippen molar-refractivity contribution in [2.45, 2.75) is 70.7 Å². The van der Waals surface area contributed by atoms with Crippen LogP contribution in [0.5, 0.6) is 0 Å². The van der Waals surface area contributed by atoms with E-state index in [2.05, 4.69) is 34.4 Å². The molecule has 0 spiro atoms. The van der Waals surface area contributed by atoms with Crippen molar-refractivity contribution in [2.24, 2.45) is 11.3 Å². The van der Waals surface area contributed by atoms with E-state index in [1.165, 1.54) is 13.8 Å². The zero-order valence-corrected chi connectivity index (χ0v) is 33.9. The zero-order valence-electron chi connectivity index (χ0n) is 30.4. The number of phosphoric ester groups is 3. The topological polar surface area (TPSA) is 401 Å². The molecule has 2 amide bonds. The molecule has 1 aliphatic heterocycles. The molecule has 0 aliphatic carbocycles. The van der Waals surface area contributed by atoms with Gasteiger partial charge in [-0.2, -0.15) is 4.31 Å². The number of carbonyl (C=O) groups is 4. The van der Waals surface area contributed by atoms with Crippen molar-refractivity contribution in [1.29, 1.82) is 0 Å². The van der Waals surface area contributed by atoms with Crippen molar-refractivity contribution < 1.29 is 90.4 Å². The second-order valence-corrected chi connectivity index (χ2v) is 18.6. The minimum atomic E-state index is -5.59. The van der Waals surface area contributed by atoms with E-state index < -0.39 is 90.5 Å². The molecule has 11 N–H and O–H groups in total. The molecule has 26 nitrogen and oxygen atoms in total. The molecule has 2 aromatic rings. The maximum Gasteiger partial charge on any atom is 0.481 e. The van der Waals surface area contributed by atoms with Crippen molar-refractivity contribution in [3.05, 3.63) is 12.7 Å². The van der Waals surface area contributed by atoms with Gasteiger partial charge in [0.25, 0.3) is 0 Å². The summed E-state index contributed by atoms with van der Waals surface area (Å²) in [5, 5.41) is 34.8. The molecule has 3 unspecified atom stereocenters. The van der Waals surface area contributed by atoms with Crippen molar-refractivity contribution in [3.63, 3.8) is 0 Å². The predicted molar refractivity (Wildman–Crippen MR) is 193 cm³/mol. The first-order chi connectivity index (χ1) is 26.3. The molecular weight excluding hydrogens is 851 g/mol. The Morgan fingerprint density at radius 1 is 1.04 bits per heavy atom. The maximum absolute atomic E-state index is 12.7. The fraction of sp³-hybridized carbons (Fsp3) is 0.667. The average Bonchev–Trinajstić information content (AvgIpc) is 3.64. The number of phosphoric acid groups is 3. The highest BCUT2D eigenvalue weighted by molar-refractivity contribution is 8.13. The number of rotatable bonds is 23. The Labute approximate surface area is 327 Å². The van der Waals surface area contributed by atoms with Gasteiger partial charge in [-0.3, -0.25) is 37.3 Å². The highest BCUT2D eigenvalue weighted by Gasteiger charge is 2.50. The molecule has 3 heterocycles. The first-order valence-corrected chi connectivity index (χ1v) is 22.1. The number of anilines is 1. The number of amides is 2. The summed E-state index contributed by atoms with van der Waals surface area (Å²) >= 11 is 0.933. The molecule has 8 atom stereocenters. The second kappa shape index (κ2) is 20.3. The number of aromatic nitrogens is 4. The van der Waals surface area contributed by atoms with Crippen molar-refractivity contribution in [1.82, 2.24) is 30.2 Å². The van der Waals surface area contributed by atoms with Crippen LogP contribution in [0.25, 0.3) is 11.2 Å². The number of hydrogen-bond acceptors (Lipinski definition) is 19. The molecule has 1 fully saturated rings. The van der Waals surface area contributed by atoms with E-state index in [1.807, 2.05) is 0 Å². The van der Waals surface area contributed by atoms with Crippen LogP contribution in [0, 0.1) is 11.3 Å². The standard InChI is InChI=1S/C27H44N7O19P3S/c1-14(8-17(36)37)9-18(38)57-7-6-29-16(35)4-5-30-25(41)22(40)27(2,3)11-50-56(47,48)53-55(45,46)49-10-15-21(52-54(42,43)44)20(39)26(51-15)34-13-33-19-23(28)31-12-32-24(19)34/h12-15,20-22,26,39-40H,4-11H2,1-3H3,(H,29,35)(H,30,41)(H,36,37)(H,45,46)(H,47,48)(H2,28,31,32)(H2,42,43,44)/t14?,15-,20-,21-,22+,26-/m1/s1. The number of nitrogen functional groups attached to an aromatic ring is 1. The van der Waals surface area contributed by atoms with Gasteiger partial charge in [-0.05, 0) is 5.92 Å². The summed E-state index contributed by atoms with van der Waals surface area (Å²) in [6, 6.07) is 0. The van der Waals surface area contributed by atoms with Gasteiger partial charge in [-0.25, -0.2) is 28.6 Å². The van der Waals surface area contributed by atoms with Crippen LogP contribution < -0.4 is 16.4 Å². The summed E-state index contributed by atoms with van der Waals surface area (Å²) in [4.78, 5) is 98.1. The van der Waals surface area contributed by atoms with Gasteiger partial charge in [0.2, 0.25) is 11.8 Å². The van der Waals surface area contributed by atoms with Crippen LogP contribution in [0.15, 0.2) is 12.7 Å². The predicted octanol–water partition coefficient (Wildman–Crippen LogP) is -0.834. The van der Waals surface area contributed by atoms with Crippen LogP contribution in [-0.2, 0) is 55.5 Å². The first kappa shape index (κ1) is 48.4. The fourth-order valence-electron chi connectivity index (χ4n) is 5.01. The Balaban J connectivity index is 1.47. The third-order valence-corrected chi connectivity index (χ3v) is 11.8. The van der Waals surface area contributed by atoms with Crippen molar-refractivity contribution in [3.8, 4) is 0 Å². The number of carbonyl (C=O) groups excluding carboxylic acids is 3. The number of carboxylic acid groups (broad SMARTS) is 1. The van der Waals surface area contributed by atoms with Crippen LogP contribution in [0.4, 0.5) is 5.82 Å². The summed E-state index contributed by atoms with van der Waals surface area (Å²) < 4.78 is 62.0. The van der Waals surface area contributed by atoms with E-state index in [1.54, 1.807) is 6.92 Å². The fourth-order valence-corrected chi connectivity index (χ4v) is 8.67. The largest absolute Gasteiger partial charge is 0.481 e. The van der Waals surface area contributed by atoms with Crippen LogP contribution in [0.2, 0.25) is 0 Å².